The van der Waals surface area contributed by atoms with Crippen LogP contribution in [0.15, 0.2) is 41.1 Å². The molecule has 20 heavy (non-hydrogen) atoms. The van der Waals surface area contributed by atoms with Crippen molar-refractivity contribution in [1.82, 2.24) is 4.98 Å². The van der Waals surface area contributed by atoms with Crippen molar-refractivity contribution >= 4 is 5.69 Å². The highest BCUT2D eigenvalue weighted by Crippen LogP contribution is 2.23. The zero-order valence-electron chi connectivity index (χ0n) is 12.3. The van der Waals surface area contributed by atoms with Crippen LogP contribution in [0.25, 0.3) is 0 Å². The number of nitrogens with one attached hydrogen (secondary N) is 1. The molecule has 0 bridgehead atoms. The van der Waals surface area contributed by atoms with E-state index in [0.29, 0.717) is 11.9 Å². The number of furan rings is 1. The Kier molecular flexibility index (Phi) is 5.04. The molecule has 0 aromatic carbocycles. The summed E-state index contributed by atoms with van der Waals surface area (Å²) in [7, 11) is 0. The standard InChI is InChI=1S/C16H22N2O2/c1-12(2)20-16-15(7-4-10-17-16)18-13(3)8-9-14-6-5-11-19-14/h4-7,10-13,18H,8-9H2,1-3H3. The van der Waals surface area contributed by atoms with Crippen LogP contribution in [0.5, 0.6) is 5.88 Å². The molecule has 0 saturated heterocycles. The molecule has 4 heteroatoms. The number of rotatable bonds is 7. The van der Waals surface area contributed by atoms with Gasteiger partial charge >= 0.3 is 0 Å². The average Bonchev–Trinajstić information content (AvgIpc) is 2.91. The maximum Gasteiger partial charge on any atom is 0.237 e. The summed E-state index contributed by atoms with van der Waals surface area (Å²) in [4.78, 5) is 4.28. The van der Waals surface area contributed by atoms with Gasteiger partial charge in [-0.2, -0.15) is 0 Å². The Hall–Kier alpha value is -1.97. The van der Waals surface area contributed by atoms with Crippen LogP contribution >= 0.6 is 0 Å². The first-order valence-electron chi connectivity index (χ1n) is 7.05. The van der Waals surface area contributed by atoms with Crippen molar-refractivity contribution in [3.05, 3.63) is 42.5 Å². The van der Waals surface area contributed by atoms with E-state index in [1.807, 2.05) is 38.1 Å². The van der Waals surface area contributed by atoms with Gasteiger partial charge in [0, 0.05) is 18.7 Å². The summed E-state index contributed by atoms with van der Waals surface area (Å²) in [6, 6.07) is 8.15. The lowest BCUT2D eigenvalue weighted by molar-refractivity contribution is 0.234. The molecule has 0 aliphatic carbocycles. The van der Waals surface area contributed by atoms with Gasteiger partial charge in [0.05, 0.1) is 18.1 Å². The molecule has 2 aromatic rings. The van der Waals surface area contributed by atoms with E-state index in [1.165, 1.54) is 0 Å². The molecule has 1 N–H and O–H groups in total. The van der Waals surface area contributed by atoms with E-state index < -0.39 is 0 Å². The van der Waals surface area contributed by atoms with Crippen molar-refractivity contribution < 1.29 is 9.15 Å². The minimum atomic E-state index is 0.115. The molecule has 0 radical (unpaired) electrons. The summed E-state index contributed by atoms with van der Waals surface area (Å²) in [6.07, 6.45) is 5.48. The highest BCUT2D eigenvalue weighted by molar-refractivity contribution is 5.52. The molecule has 0 fully saturated rings. The molecule has 0 saturated carbocycles. The Bertz CT molecular complexity index is 509. The van der Waals surface area contributed by atoms with Crippen molar-refractivity contribution in [1.29, 1.82) is 0 Å². The van der Waals surface area contributed by atoms with Crippen molar-refractivity contribution in [2.45, 2.75) is 45.8 Å². The normalized spacial score (nSPS) is 12.4. The fourth-order valence-corrected chi connectivity index (χ4v) is 1.97. The molecule has 0 aliphatic rings. The van der Waals surface area contributed by atoms with E-state index in [-0.39, 0.29) is 6.10 Å². The van der Waals surface area contributed by atoms with Gasteiger partial charge in [-0.1, -0.05) is 0 Å². The fraction of sp³-hybridized carbons (Fsp3) is 0.438. The van der Waals surface area contributed by atoms with Crippen LogP contribution in [0.2, 0.25) is 0 Å². The largest absolute Gasteiger partial charge is 0.473 e. The van der Waals surface area contributed by atoms with Crippen LogP contribution in [0.4, 0.5) is 5.69 Å². The molecule has 2 aromatic heterocycles. The van der Waals surface area contributed by atoms with E-state index in [1.54, 1.807) is 12.5 Å². The van der Waals surface area contributed by atoms with Crippen LogP contribution in [0.3, 0.4) is 0 Å². The smallest absolute Gasteiger partial charge is 0.237 e. The van der Waals surface area contributed by atoms with Crippen LogP contribution in [-0.4, -0.2) is 17.1 Å². The molecule has 2 rings (SSSR count). The third-order valence-corrected chi connectivity index (χ3v) is 2.92. The van der Waals surface area contributed by atoms with Gasteiger partial charge in [0.2, 0.25) is 5.88 Å². The number of pyridine rings is 1. The maximum absolute atomic E-state index is 5.70. The number of anilines is 1. The minimum absolute atomic E-state index is 0.115. The van der Waals surface area contributed by atoms with Gasteiger partial charge in [0.25, 0.3) is 0 Å². The first kappa shape index (κ1) is 14.4. The molecule has 2 heterocycles. The van der Waals surface area contributed by atoms with E-state index in [4.69, 9.17) is 9.15 Å². The summed E-state index contributed by atoms with van der Waals surface area (Å²) < 4.78 is 11.1. The third-order valence-electron chi connectivity index (χ3n) is 2.92. The van der Waals surface area contributed by atoms with Crippen molar-refractivity contribution in [2.24, 2.45) is 0 Å². The molecule has 4 nitrogen and oxygen atoms in total. The van der Waals surface area contributed by atoms with E-state index in [2.05, 4.69) is 17.2 Å². The van der Waals surface area contributed by atoms with Crippen LogP contribution in [-0.2, 0) is 6.42 Å². The third kappa shape index (κ3) is 4.30. The van der Waals surface area contributed by atoms with Gasteiger partial charge in [-0.05, 0) is 51.5 Å². The summed E-state index contributed by atoms with van der Waals surface area (Å²) in [5, 5.41) is 3.45. The molecule has 1 unspecified atom stereocenters. The Balaban J connectivity index is 1.91. The zero-order valence-corrected chi connectivity index (χ0v) is 12.3. The minimum Gasteiger partial charge on any atom is -0.473 e. The van der Waals surface area contributed by atoms with Crippen LogP contribution < -0.4 is 10.1 Å². The van der Waals surface area contributed by atoms with Crippen molar-refractivity contribution in [2.75, 3.05) is 5.32 Å². The average molecular weight is 274 g/mol. The molecule has 0 amide bonds. The van der Waals surface area contributed by atoms with Gasteiger partial charge in [0.15, 0.2) is 0 Å². The summed E-state index contributed by atoms with van der Waals surface area (Å²) in [5.41, 5.74) is 0.938. The highest BCUT2D eigenvalue weighted by Gasteiger charge is 2.10. The maximum atomic E-state index is 5.70. The Morgan fingerprint density at radius 1 is 1.25 bits per heavy atom. The number of hydrogen-bond acceptors (Lipinski definition) is 4. The molecule has 0 aliphatic heterocycles. The summed E-state index contributed by atoms with van der Waals surface area (Å²) >= 11 is 0. The van der Waals surface area contributed by atoms with Crippen LogP contribution in [0.1, 0.15) is 33.0 Å². The Morgan fingerprint density at radius 3 is 2.80 bits per heavy atom. The van der Waals surface area contributed by atoms with Gasteiger partial charge in [-0.15, -0.1) is 0 Å². The monoisotopic (exact) mass is 274 g/mol. The van der Waals surface area contributed by atoms with Gasteiger partial charge in [0.1, 0.15) is 5.76 Å². The van der Waals surface area contributed by atoms with E-state index in [0.717, 1.165) is 24.3 Å². The van der Waals surface area contributed by atoms with Crippen LogP contribution in [0, 0.1) is 0 Å². The van der Waals surface area contributed by atoms with Gasteiger partial charge in [-0.3, -0.25) is 0 Å². The second-order valence-corrected chi connectivity index (χ2v) is 5.19. The van der Waals surface area contributed by atoms with Gasteiger partial charge in [-0.25, -0.2) is 4.98 Å². The lowest BCUT2D eigenvalue weighted by Gasteiger charge is -2.18. The SMILES string of the molecule is CC(CCc1ccco1)Nc1cccnc1OC(C)C. The fourth-order valence-electron chi connectivity index (χ4n) is 1.97. The molecule has 108 valence electrons. The van der Waals surface area contributed by atoms with Gasteiger partial charge < -0.3 is 14.5 Å². The number of aryl methyl sites for hydroxylation is 1. The number of aromatic nitrogens is 1. The topological polar surface area (TPSA) is 47.3 Å². The first-order valence-corrected chi connectivity index (χ1v) is 7.05. The predicted molar refractivity (Wildman–Crippen MR) is 80.1 cm³/mol. The molecular formula is C16H22N2O2. The zero-order chi connectivity index (χ0) is 14.4. The lowest BCUT2D eigenvalue weighted by Crippen LogP contribution is -2.18. The highest BCUT2D eigenvalue weighted by atomic mass is 16.5. The lowest BCUT2D eigenvalue weighted by atomic mass is 10.1. The predicted octanol–water partition coefficient (Wildman–Crippen LogP) is 3.90. The second-order valence-electron chi connectivity index (χ2n) is 5.19. The number of hydrogen-bond donors (Lipinski definition) is 1. The molecule has 1 atom stereocenters. The summed E-state index contributed by atoms with van der Waals surface area (Å²) in [6.45, 7) is 6.15. The first-order chi connectivity index (χ1) is 9.65. The van der Waals surface area contributed by atoms with Crippen molar-refractivity contribution in [3.8, 4) is 5.88 Å². The second kappa shape index (κ2) is 6.98. The molecular weight excluding hydrogens is 252 g/mol. The Labute approximate surface area is 120 Å². The van der Waals surface area contributed by atoms with Crippen molar-refractivity contribution in [3.63, 3.8) is 0 Å². The molecule has 0 spiro atoms. The quantitative estimate of drug-likeness (QED) is 0.832. The van der Waals surface area contributed by atoms with E-state index in [9.17, 15) is 0 Å². The Morgan fingerprint density at radius 2 is 2.10 bits per heavy atom. The van der Waals surface area contributed by atoms with E-state index >= 15 is 0 Å². The summed E-state index contributed by atoms with van der Waals surface area (Å²) in [5.74, 6) is 1.68. The number of ether oxygens (including phenoxy) is 1. The number of nitrogens with zero attached hydrogens (tertiary/aromatic N) is 1.